The molecule has 1 atom stereocenters. The molecule has 1 heterocycles. The molecule has 2 nitrogen and oxygen atoms in total. The van der Waals surface area contributed by atoms with Crippen molar-refractivity contribution in [3.8, 4) is 0 Å². The van der Waals surface area contributed by atoms with E-state index in [1.165, 1.54) is 6.26 Å². The van der Waals surface area contributed by atoms with E-state index in [0.717, 1.165) is 5.57 Å². The first kappa shape index (κ1) is 5.47. The summed E-state index contributed by atoms with van der Waals surface area (Å²) < 4.78 is 4.70. The van der Waals surface area contributed by atoms with Crippen LogP contribution in [0.5, 0.6) is 0 Å². The zero-order valence-corrected chi connectivity index (χ0v) is 5.28. The van der Waals surface area contributed by atoms with Crippen LogP contribution in [0.4, 0.5) is 0 Å². The highest BCUT2D eigenvalue weighted by atomic mass is 16.5. The third-order valence-electron chi connectivity index (χ3n) is 1.63. The average Bonchev–Trinajstić information content (AvgIpc) is 2.34. The molecule has 1 unspecified atom stereocenters. The molecule has 0 aromatic rings. The Morgan fingerprint density at radius 2 is 2.30 bits per heavy atom. The highest BCUT2D eigenvalue weighted by Crippen LogP contribution is 2.25. The van der Waals surface area contributed by atoms with Crippen molar-refractivity contribution in [2.24, 2.45) is 5.92 Å². The van der Waals surface area contributed by atoms with E-state index in [1.807, 2.05) is 24.3 Å². The van der Waals surface area contributed by atoms with Crippen molar-refractivity contribution < 1.29 is 9.53 Å². The molecule has 2 rings (SSSR count). The summed E-state index contributed by atoms with van der Waals surface area (Å²) in [7, 11) is 0. The van der Waals surface area contributed by atoms with Gasteiger partial charge in [-0.2, -0.15) is 0 Å². The molecule has 0 amide bonds. The zero-order chi connectivity index (χ0) is 6.97. The normalized spacial score (nSPS) is 27.8. The monoisotopic (exact) mass is 134 g/mol. The lowest BCUT2D eigenvalue weighted by atomic mass is 9.98. The van der Waals surface area contributed by atoms with Gasteiger partial charge in [-0.15, -0.1) is 0 Å². The van der Waals surface area contributed by atoms with Gasteiger partial charge in [0.2, 0.25) is 0 Å². The van der Waals surface area contributed by atoms with Crippen LogP contribution in [-0.2, 0) is 9.53 Å². The molecule has 2 aliphatic rings. The van der Waals surface area contributed by atoms with Crippen molar-refractivity contribution in [3.63, 3.8) is 0 Å². The van der Waals surface area contributed by atoms with Crippen LogP contribution in [0.25, 0.3) is 0 Å². The fourth-order valence-corrected chi connectivity index (χ4v) is 1.08. The van der Waals surface area contributed by atoms with Gasteiger partial charge in [-0.3, -0.25) is 4.79 Å². The van der Waals surface area contributed by atoms with E-state index in [-0.39, 0.29) is 11.9 Å². The average molecular weight is 134 g/mol. The Labute approximate surface area is 58.5 Å². The summed E-state index contributed by atoms with van der Waals surface area (Å²) in [4.78, 5) is 10.8. The van der Waals surface area contributed by atoms with Gasteiger partial charge in [-0.05, 0) is 0 Å². The fraction of sp³-hybridized carbons (Fsp3) is 0.125. The van der Waals surface area contributed by atoms with Gasteiger partial charge in [-0.1, -0.05) is 24.3 Å². The molecule has 0 spiro atoms. The van der Waals surface area contributed by atoms with Gasteiger partial charge < -0.3 is 4.74 Å². The summed E-state index contributed by atoms with van der Waals surface area (Å²) in [6.07, 6.45) is 8.97. The van der Waals surface area contributed by atoms with Crippen LogP contribution >= 0.6 is 0 Å². The number of rotatable bonds is 0. The summed E-state index contributed by atoms with van der Waals surface area (Å²) >= 11 is 0. The Morgan fingerprint density at radius 1 is 1.40 bits per heavy atom. The quantitative estimate of drug-likeness (QED) is 0.465. The van der Waals surface area contributed by atoms with Crippen LogP contribution < -0.4 is 0 Å². The first-order valence-electron chi connectivity index (χ1n) is 3.13. The number of esters is 1. The number of carbonyl (C=O) groups excluding carboxylic acids is 1. The molecule has 0 radical (unpaired) electrons. The second kappa shape index (κ2) is 1.84. The Balaban J connectivity index is 2.39. The molecule has 0 saturated carbocycles. The zero-order valence-electron chi connectivity index (χ0n) is 5.28. The number of carbonyl (C=O) groups is 1. The van der Waals surface area contributed by atoms with Gasteiger partial charge >= 0.3 is 5.97 Å². The van der Waals surface area contributed by atoms with E-state index in [2.05, 4.69) is 0 Å². The molecular weight excluding hydrogens is 128 g/mol. The molecule has 0 N–H and O–H groups in total. The van der Waals surface area contributed by atoms with Crippen molar-refractivity contribution in [1.82, 2.24) is 0 Å². The molecule has 1 aliphatic heterocycles. The van der Waals surface area contributed by atoms with Crippen LogP contribution in [0, 0.1) is 5.92 Å². The lowest BCUT2D eigenvalue weighted by Gasteiger charge is -2.03. The maximum absolute atomic E-state index is 10.8. The van der Waals surface area contributed by atoms with E-state index < -0.39 is 0 Å². The maximum atomic E-state index is 10.8. The smallest absolute Gasteiger partial charge is 0.322 e. The largest absolute Gasteiger partial charge is 0.433 e. The van der Waals surface area contributed by atoms with Crippen molar-refractivity contribution in [2.45, 2.75) is 0 Å². The molecule has 50 valence electrons. The maximum Gasteiger partial charge on any atom is 0.322 e. The van der Waals surface area contributed by atoms with E-state index >= 15 is 0 Å². The Morgan fingerprint density at radius 3 is 3.10 bits per heavy atom. The van der Waals surface area contributed by atoms with Gasteiger partial charge in [0, 0.05) is 5.57 Å². The van der Waals surface area contributed by atoms with Crippen LogP contribution in [0.3, 0.4) is 0 Å². The fourth-order valence-electron chi connectivity index (χ4n) is 1.08. The van der Waals surface area contributed by atoms with Gasteiger partial charge in [0.1, 0.15) is 5.92 Å². The topological polar surface area (TPSA) is 26.3 Å². The summed E-state index contributed by atoms with van der Waals surface area (Å²) in [5, 5.41) is 0. The molecule has 0 aromatic carbocycles. The van der Waals surface area contributed by atoms with Crippen LogP contribution in [0.2, 0.25) is 0 Å². The van der Waals surface area contributed by atoms with Crippen molar-refractivity contribution >= 4 is 5.97 Å². The minimum atomic E-state index is -0.171. The van der Waals surface area contributed by atoms with Gasteiger partial charge in [0.15, 0.2) is 0 Å². The third-order valence-corrected chi connectivity index (χ3v) is 1.63. The summed E-state index contributed by atoms with van der Waals surface area (Å²) in [6, 6.07) is 0. The Hall–Kier alpha value is -1.31. The van der Waals surface area contributed by atoms with E-state index in [4.69, 9.17) is 4.74 Å². The lowest BCUT2D eigenvalue weighted by Crippen LogP contribution is -2.08. The minimum Gasteiger partial charge on any atom is -0.433 e. The van der Waals surface area contributed by atoms with Crippen molar-refractivity contribution in [1.29, 1.82) is 0 Å². The summed E-state index contributed by atoms with van der Waals surface area (Å²) in [6.45, 7) is 0. The second-order valence-corrected chi connectivity index (χ2v) is 2.28. The number of cyclic esters (lactones) is 1. The SMILES string of the molecule is O=C1OC=C2C=CC=CC12. The number of fused-ring (bicyclic) bond motifs is 1. The summed E-state index contributed by atoms with van der Waals surface area (Å²) in [5.41, 5.74) is 0.951. The number of allylic oxidation sites excluding steroid dienone is 3. The predicted molar refractivity (Wildman–Crippen MR) is 35.9 cm³/mol. The van der Waals surface area contributed by atoms with Crippen molar-refractivity contribution in [3.05, 3.63) is 36.1 Å². The highest BCUT2D eigenvalue weighted by molar-refractivity contribution is 5.82. The van der Waals surface area contributed by atoms with E-state index in [1.54, 1.807) is 0 Å². The number of hydrogen-bond donors (Lipinski definition) is 0. The lowest BCUT2D eigenvalue weighted by molar-refractivity contribution is -0.137. The predicted octanol–water partition coefficient (Wildman–Crippen LogP) is 1.17. The first-order valence-corrected chi connectivity index (χ1v) is 3.13. The Bertz CT molecular complexity index is 258. The Kier molecular flexibility index (Phi) is 1.01. The van der Waals surface area contributed by atoms with Gasteiger partial charge in [0.25, 0.3) is 0 Å². The molecular formula is C8H6O2. The molecule has 0 saturated heterocycles. The molecule has 1 aliphatic carbocycles. The van der Waals surface area contributed by atoms with Crippen LogP contribution in [0.1, 0.15) is 0 Å². The van der Waals surface area contributed by atoms with Crippen molar-refractivity contribution in [2.75, 3.05) is 0 Å². The molecule has 0 bridgehead atoms. The standard InChI is InChI=1S/C8H6O2/c9-8-7-4-2-1-3-6(7)5-10-8/h1-5,7H. The molecule has 0 fully saturated rings. The van der Waals surface area contributed by atoms with Crippen LogP contribution in [0.15, 0.2) is 36.1 Å². The van der Waals surface area contributed by atoms with Gasteiger partial charge in [-0.25, -0.2) is 0 Å². The molecule has 10 heavy (non-hydrogen) atoms. The second-order valence-electron chi connectivity index (χ2n) is 2.28. The molecule has 2 heteroatoms. The molecule has 0 aromatic heterocycles. The highest BCUT2D eigenvalue weighted by Gasteiger charge is 2.26. The van der Waals surface area contributed by atoms with E-state index in [0.29, 0.717) is 0 Å². The minimum absolute atomic E-state index is 0.134. The first-order chi connectivity index (χ1) is 4.88. The number of hydrogen-bond acceptors (Lipinski definition) is 2. The van der Waals surface area contributed by atoms with Gasteiger partial charge in [0.05, 0.1) is 6.26 Å². The van der Waals surface area contributed by atoms with Crippen LogP contribution in [-0.4, -0.2) is 5.97 Å². The van der Waals surface area contributed by atoms with E-state index in [9.17, 15) is 4.79 Å². The third kappa shape index (κ3) is 0.620. The number of ether oxygens (including phenoxy) is 1. The summed E-state index contributed by atoms with van der Waals surface area (Å²) in [5.74, 6) is -0.305.